The summed E-state index contributed by atoms with van der Waals surface area (Å²) in [6.45, 7) is 6.94. The van der Waals surface area contributed by atoms with E-state index in [0.717, 1.165) is 0 Å². The topological polar surface area (TPSA) is 67.6 Å². The summed E-state index contributed by atoms with van der Waals surface area (Å²) in [4.78, 5) is 15.4. The first-order valence-electron chi connectivity index (χ1n) is 5.94. The number of rotatable bonds is 7. The van der Waals surface area contributed by atoms with Gasteiger partial charge in [-0.2, -0.15) is 5.26 Å². The van der Waals surface area contributed by atoms with Crippen LogP contribution < -0.4 is 0 Å². The molecule has 2 atom stereocenters. The minimum absolute atomic E-state index is 0.00241. The van der Waals surface area contributed by atoms with Gasteiger partial charge in [-0.1, -0.05) is 0 Å². The predicted octanol–water partition coefficient (Wildman–Crippen LogP) is 0.307. The second kappa shape index (κ2) is 8.04. The normalized spacial score (nSPS) is 14.2. The Morgan fingerprint density at radius 3 is 2.47 bits per heavy atom. The van der Waals surface area contributed by atoms with E-state index in [4.69, 9.17) is 10.4 Å². The van der Waals surface area contributed by atoms with E-state index in [9.17, 15) is 4.79 Å². The minimum atomic E-state index is -0.153. The van der Waals surface area contributed by atoms with Gasteiger partial charge in [0.05, 0.1) is 25.1 Å². The molecule has 17 heavy (non-hydrogen) atoms. The first kappa shape index (κ1) is 15.9. The third kappa shape index (κ3) is 5.66. The second-order valence-electron chi connectivity index (χ2n) is 4.41. The van der Waals surface area contributed by atoms with Crippen LogP contribution in [0.25, 0.3) is 0 Å². The Balaban J connectivity index is 4.31. The summed E-state index contributed by atoms with van der Waals surface area (Å²) in [5.74, 6) is -0.156. The van der Waals surface area contributed by atoms with Gasteiger partial charge in [0.25, 0.3) is 0 Å². The van der Waals surface area contributed by atoms with Crippen LogP contribution in [0.5, 0.6) is 0 Å². The monoisotopic (exact) mass is 241 g/mol. The molecule has 0 aliphatic carbocycles. The molecule has 5 nitrogen and oxygen atoms in total. The molecule has 1 N–H and O–H groups in total. The van der Waals surface area contributed by atoms with Gasteiger partial charge in [-0.15, -0.1) is 0 Å². The molecule has 0 aromatic rings. The number of aliphatic hydroxyl groups excluding tert-OH is 1. The molecule has 0 aliphatic rings. The molecule has 0 spiro atoms. The number of hydrogen-bond donors (Lipinski definition) is 1. The Morgan fingerprint density at radius 1 is 1.47 bits per heavy atom. The van der Waals surface area contributed by atoms with Gasteiger partial charge in [-0.25, -0.2) is 0 Å². The molecule has 2 unspecified atom stereocenters. The Morgan fingerprint density at radius 2 is 2.06 bits per heavy atom. The third-order valence-electron chi connectivity index (χ3n) is 2.85. The van der Waals surface area contributed by atoms with Crippen LogP contribution in [0.4, 0.5) is 0 Å². The van der Waals surface area contributed by atoms with E-state index in [2.05, 4.69) is 6.07 Å². The minimum Gasteiger partial charge on any atom is -0.395 e. The second-order valence-corrected chi connectivity index (χ2v) is 4.41. The SMILES string of the molecule is CCN(CC(C)C#N)C(=O)CN(C)C(C)CO. The van der Waals surface area contributed by atoms with Crippen molar-refractivity contribution in [3.63, 3.8) is 0 Å². The highest BCUT2D eigenvalue weighted by Crippen LogP contribution is 2.02. The smallest absolute Gasteiger partial charge is 0.236 e. The highest BCUT2D eigenvalue weighted by atomic mass is 16.3. The number of hydrogen-bond acceptors (Lipinski definition) is 4. The lowest BCUT2D eigenvalue weighted by atomic mass is 10.2. The highest BCUT2D eigenvalue weighted by Gasteiger charge is 2.18. The zero-order chi connectivity index (χ0) is 13.4. The van der Waals surface area contributed by atoms with Gasteiger partial charge in [0.1, 0.15) is 0 Å². The first-order valence-corrected chi connectivity index (χ1v) is 5.94. The molecule has 5 heteroatoms. The average Bonchev–Trinajstić information content (AvgIpc) is 2.33. The van der Waals surface area contributed by atoms with E-state index >= 15 is 0 Å². The number of likely N-dealkylation sites (N-methyl/N-ethyl adjacent to an activating group) is 2. The van der Waals surface area contributed by atoms with Gasteiger partial charge >= 0.3 is 0 Å². The Hall–Kier alpha value is -1.12. The van der Waals surface area contributed by atoms with Crippen molar-refractivity contribution in [2.45, 2.75) is 26.8 Å². The van der Waals surface area contributed by atoms with Gasteiger partial charge in [-0.05, 0) is 27.8 Å². The van der Waals surface area contributed by atoms with E-state index in [0.29, 0.717) is 13.1 Å². The van der Waals surface area contributed by atoms with Crippen molar-refractivity contribution in [1.29, 1.82) is 5.26 Å². The van der Waals surface area contributed by atoms with Gasteiger partial charge in [0.2, 0.25) is 5.91 Å². The first-order chi connectivity index (χ1) is 7.96. The van der Waals surface area contributed by atoms with E-state index in [1.165, 1.54) is 0 Å². The summed E-state index contributed by atoms with van der Waals surface area (Å²) in [6.07, 6.45) is 0. The molecule has 0 heterocycles. The van der Waals surface area contributed by atoms with Gasteiger partial charge < -0.3 is 10.0 Å². The Bertz CT molecular complexity index is 275. The van der Waals surface area contributed by atoms with Crippen molar-refractivity contribution in [2.24, 2.45) is 5.92 Å². The highest BCUT2D eigenvalue weighted by molar-refractivity contribution is 5.78. The third-order valence-corrected chi connectivity index (χ3v) is 2.85. The Labute approximate surface area is 104 Å². The predicted molar refractivity (Wildman–Crippen MR) is 66.2 cm³/mol. The zero-order valence-electron chi connectivity index (χ0n) is 11.2. The molecular weight excluding hydrogens is 218 g/mol. The van der Waals surface area contributed by atoms with E-state index < -0.39 is 0 Å². The summed E-state index contributed by atoms with van der Waals surface area (Å²) in [5, 5.41) is 17.7. The lowest BCUT2D eigenvalue weighted by Gasteiger charge is -2.27. The molecule has 0 fully saturated rings. The maximum atomic E-state index is 11.9. The molecule has 0 aromatic heterocycles. The summed E-state index contributed by atoms with van der Waals surface area (Å²) >= 11 is 0. The van der Waals surface area contributed by atoms with E-state index in [-0.39, 0.29) is 31.0 Å². The number of nitrogens with zero attached hydrogens (tertiary/aromatic N) is 3. The number of nitriles is 1. The number of carbonyl (C=O) groups is 1. The average molecular weight is 241 g/mol. The van der Waals surface area contributed by atoms with Crippen LogP contribution in [0.2, 0.25) is 0 Å². The lowest BCUT2D eigenvalue weighted by Crippen LogP contribution is -2.44. The molecule has 0 saturated carbocycles. The van der Waals surface area contributed by atoms with Crippen LogP contribution in [0.1, 0.15) is 20.8 Å². The maximum Gasteiger partial charge on any atom is 0.236 e. The molecule has 0 aromatic carbocycles. The Kier molecular flexibility index (Phi) is 7.51. The molecule has 98 valence electrons. The molecule has 0 bridgehead atoms. The standard InChI is InChI=1S/C12H23N3O2/c1-5-15(7-10(2)6-13)12(17)8-14(4)11(3)9-16/h10-11,16H,5,7-9H2,1-4H3. The molecule has 0 radical (unpaired) electrons. The van der Waals surface area contributed by atoms with Crippen LogP contribution in [0.3, 0.4) is 0 Å². The van der Waals surface area contributed by atoms with Crippen molar-refractivity contribution in [3.05, 3.63) is 0 Å². The number of aliphatic hydroxyl groups is 1. The van der Waals surface area contributed by atoms with E-state index in [1.54, 1.807) is 18.9 Å². The fourth-order valence-electron chi connectivity index (χ4n) is 1.39. The molecule has 0 saturated heterocycles. The van der Waals surface area contributed by atoms with Crippen molar-refractivity contribution in [1.82, 2.24) is 9.80 Å². The number of carbonyl (C=O) groups excluding carboxylic acids is 1. The largest absolute Gasteiger partial charge is 0.395 e. The van der Waals surface area contributed by atoms with Gasteiger partial charge in [0.15, 0.2) is 0 Å². The fourth-order valence-corrected chi connectivity index (χ4v) is 1.39. The molecular formula is C12H23N3O2. The molecule has 1 amide bonds. The van der Waals surface area contributed by atoms with Gasteiger partial charge in [-0.3, -0.25) is 9.69 Å². The van der Waals surface area contributed by atoms with Crippen molar-refractivity contribution in [3.8, 4) is 6.07 Å². The quantitative estimate of drug-likeness (QED) is 0.696. The fraction of sp³-hybridized carbons (Fsp3) is 0.833. The summed E-state index contributed by atoms with van der Waals surface area (Å²) in [6, 6.07) is 2.09. The summed E-state index contributed by atoms with van der Waals surface area (Å²) in [5.41, 5.74) is 0. The van der Waals surface area contributed by atoms with Crippen molar-refractivity contribution in [2.75, 3.05) is 33.3 Å². The summed E-state index contributed by atoms with van der Waals surface area (Å²) < 4.78 is 0. The van der Waals surface area contributed by atoms with Crippen LogP contribution in [-0.4, -0.2) is 60.1 Å². The number of amides is 1. The lowest BCUT2D eigenvalue weighted by molar-refractivity contribution is -0.132. The summed E-state index contributed by atoms with van der Waals surface area (Å²) in [7, 11) is 1.81. The maximum absolute atomic E-state index is 11.9. The van der Waals surface area contributed by atoms with Crippen LogP contribution in [0, 0.1) is 17.2 Å². The zero-order valence-corrected chi connectivity index (χ0v) is 11.2. The molecule has 0 aliphatic heterocycles. The molecule has 0 rings (SSSR count). The van der Waals surface area contributed by atoms with Crippen LogP contribution >= 0.6 is 0 Å². The van der Waals surface area contributed by atoms with E-state index in [1.807, 2.05) is 18.7 Å². The van der Waals surface area contributed by atoms with Crippen molar-refractivity contribution < 1.29 is 9.90 Å². The van der Waals surface area contributed by atoms with Gasteiger partial charge in [0, 0.05) is 19.1 Å². The van der Waals surface area contributed by atoms with Crippen LogP contribution in [-0.2, 0) is 4.79 Å². The van der Waals surface area contributed by atoms with Crippen LogP contribution in [0.15, 0.2) is 0 Å². The van der Waals surface area contributed by atoms with Crippen molar-refractivity contribution >= 4 is 5.91 Å².